The number of nitrogens with one attached hydrogen (secondary N) is 1. The first-order valence-electron chi connectivity index (χ1n) is 7.27. The Kier molecular flexibility index (Phi) is 4.62. The van der Waals surface area contributed by atoms with E-state index in [4.69, 9.17) is 0 Å². The van der Waals surface area contributed by atoms with Crippen LogP contribution in [0.1, 0.15) is 45.4 Å². The van der Waals surface area contributed by atoms with E-state index in [1.807, 2.05) is 7.05 Å². The summed E-state index contributed by atoms with van der Waals surface area (Å²) in [6.45, 7) is 2.41. The summed E-state index contributed by atoms with van der Waals surface area (Å²) in [4.78, 5) is 14.0. The molecule has 2 fully saturated rings. The summed E-state index contributed by atoms with van der Waals surface area (Å²) in [7, 11) is 1.84. The van der Waals surface area contributed by atoms with E-state index >= 15 is 0 Å². The molecule has 104 valence electrons. The second kappa shape index (κ2) is 6.02. The summed E-state index contributed by atoms with van der Waals surface area (Å²) in [6.07, 6.45) is 6.45. The average Bonchev–Trinajstić information content (AvgIpc) is 2.78. The molecule has 4 unspecified atom stereocenters. The molecule has 4 atom stereocenters. The lowest BCUT2D eigenvalue weighted by molar-refractivity contribution is -0.132. The number of amides is 1. The van der Waals surface area contributed by atoms with Crippen molar-refractivity contribution in [2.24, 2.45) is 5.92 Å². The first-order chi connectivity index (χ1) is 8.58. The van der Waals surface area contributed by atoms with Crippen LogP contribution < -0.4 is 5.32 Å². The molecule has 4 heteroatoms. The van der Waals surface area contributed by atoms with Gasteiger partial charge in [0.1, 0.15) is 0 Å². The van der Waals surface area contributed by atoms with E-state index in [0.717, 1.165) is 6.42 Å². The average molecular weight is 254 g/mol. The summed E-state index contributed by atoms with van der Waals surface area (Å²) in [5.41, 5.74) is 0. The Morgan fingerprint density at radius 3 is 2.83 bits per heavy atom. The van der Waals surface area contributed by atoms with E-state index < -0.39 is 0 Å². The van der Waals surface area contributed by atoms with Crippen LogP contribution in [0, 0.1) is 5.92 Å². The lowest BCUT2D eigenvalue weighted by atomic mass is 9.85. The minimum atomic E-state index is -0.334. The van der Waals surface area contributed by atoms with E-state index in [-0.39, 0.29) is 18.1 Å². The Morgan fingerprint density at radius 2 is 2.17 bits per heavy atom. The smallest absolute Gasteiger partial charge is 0.239 e. The molecular weight excluding hydrogens is 228 g/mol. The highest BCUT2D eigenvalue weighted by Crippen LogP contribution is 2.33. The standard InChI is InChI=1S/C14H26N2O2/c1-10(17)7-8-16(2)14(18)13-9-11-5-3-4-6-12(11)15-13/h10-13,15,17H,3-9H2,1-2H3. The lowest BCUT2D eigenvalue weighted by Gasteiger charge is -2.24. The molecule has 2 rings (SSSR count). The van der Waals surface area contributed by atoms with Gasteiger partial charge in [-0.1, -0.05) is 12.8 Å². The molecule has 2 aliphatic rings. The number of likely N-dealkylation sites (N-methyl/N-ethyl adjacent to an activating group) is 1. The molecule has 1 aliphatic heterocycles. The number of carbonyl (C=O) groups excluding carboxylic acids is 1. The van der Waals surface area contributed by atoms with Crippen LogP contribution in [0.3, 0.4) is 0 Å². The lowest BCUT2D eigenvalue weighted by Crippen LogP contribution is -2.44. The van der Waals surface area contributed by atoms with E-state index in [1.54, 1.807) is 11.8 Å². The van der Waals surface area contributed by atoms with Crippen molar-refractivity contribution in [3.05, 3.63) is 0 Å². The Balaban J connectivity index is 1.82. The third-order valence-corrected chi connectivity index (χ3v) is 4.42. The Bertz CT molecular complexity index is 280. The largest absolute Gasteiger partial charge is 0.393 e. The van der Waals surface area contributed by atoms with Crippen molar-refractivity contribution < 1.29 is 9.90 Å². The van der Waals surface area contributed by atoms with Crippen LogP contribution in [0.4, 0.5) is 0 Å². The van der Waals surface area contributed by atoms with E-state index in [2.05, 4.69) is 5.32 Å². The molecule has 4 nitrogen and oxygen atoms in total. The summed E-state index contributed by atoms with van der Waals surface area (Å²) in [6, 6.07) is 0.579. The topological polar surface area (TPSA) is 52.6 Å². The molecule has 0 radical (unpaired) electrons. The maximum atomic E-state index is 12.3. The first kappa shape index (κ1) is 13.8. The molecule has 0 bridgehead atoms. The predicted molar refractivity (Wildman–Crippen MR) is 71.2 cm³/mol. The molecular formula is C14H26N2O2. The van der Waals surface area contributed by atoms with Gasteiger partial charge in [-0.25, -0.2) is 0 Å². The zero-order valence-corrected chi connectivity index (χ0v) is 11.6. The Hall–Kier alpha value is -0.610. The zero-order chi connectivity index (χ0) is 13.1. The number of hydrogen-bond acceptors (Lipinski definition) is 3. The fourth-order valence-electron chi connectivity index (χ4n) is 3.27. The van der Waals surface area contributed by atoms with Crippen LogP contribution in [-0.2, 0) is 4.79 Å². The molecule has 0 aromatic heterocycles. The summed E-state index contributed by atoms with van der Waals surface area (Å²) in [5.74, 6) is 0.905. The van der Waals surface area contributed by atoms with Crippen molar-refractivity contribution in [2.75, 3.05) is 13.6 Å². The van der Waals surface area contributed by atoms with Gasteiger partial charge in [-0.15, -0.1) is 0 Å². The molecule has 0 aromatic rings. The van der Waals surface area contributed by atoms with Gasteiger partial charge >= 0.3 is 0 Å². The number of aliphatic hydroxyl groups is 1. The molecule has 1 aliphatic carbocycles. The van der Waals surface area contributed by atoms with Gasteiger partial charge in [0.05, 0.1) is 12.1 Å². The van der Waals surface area contributed by atoms with Crippen molar-refractivity contribution in [3.63, 3.8) is 0 Å². The molecule has 1 saturated heterocycles. The van der Waals surface area contributed by atoms with Crippen molar-refractivity contribution in [1.29, 1.82) is 0 Å². The fraction of sp³-hybridized carbons (Fsp3) is 0.929. The third kappa shape index (κ3) is 3.23. The quantitative estimate of drug-likeness (QED) is 0.791. The van der Waals surface area contributed by atoms with E-state index in [9.17, 15) is 9.90 Å². The number of fused-ring (bicyclic) bond motifs is 1. The molecule has 0 aromatic carbocycles. The maximum absolute atomic E-state index is 12.3. The van der Waals surface area contributed by atoms with Crippen molar-refractivity contribution in [1.82, 2.24) is 10.2 Å². The Morgan fingerprint density at radius 1 is 1.44 bits per heavy atom. The predicted octanol–water partition coefficient (Wildman–Crippen LogP) is 1.14. The summed E-state index contributed by atoms with van der Waals surface area (Å²) >= 11 is 0. The fourth-order valence-corrected chi connectivity index (χ4v) is 3.27. The van der Waals surface area contributed by atoms with Crippen LogP contribution in [0.2, 0.25) is 0 Å². The zero-order valence-electron chi connectivity index (χ0n) is 11.6. The number of nitrogens with zero attached hydrogens (tertiary/aromatic N) is 1. The third-order valence-electron chi connectivity index (χ3n) is 4.42. The van der Waals surface area contributed by atoms with Crippen molar-refractivity contribution in [2.45, 2.75) is 63.6 Å². The Labute approximate surface area is 110 Å². The normalized spacial score (nSPS) is 32.9. The molecule has 18 heavy (non-hydrogen) atoms. The van der Waals surface area contributed by atoms with Crippen LogP contribution in [0.15, 0.2) is 0 Å². The SMILES string of the molecule is CC(O)CCN(C)C(=O)C1CC2CCCCC2N1. The van der Waals surface area contributed by atoms with Crippen LogP contribution >= 0.6 is 0 Å². The number of rotatable bonds is 4. The van der Waals surface area contributed by atoms with Crippen LogP contribution in [0.25, 0.3) is 0 Å². The highest BCUT2D eigenvalue weighted by Gasteiger charge is 2.38. The van der Waals surface area contributed by atoms with Crippen LogP contribution in [0.5, 0.6) is 0 Å². The molecule has 1 amide bonds. The summed E-state index contributed by atoms with van der Waals surface area (Å²) in [5, 5.41) is 12.8. The molecule has 2 N–H and O–H groups in total. The first-order valence-corrected chi connectivity index (χ1v) is 7.27. The minimum Gasteiger partial charge on any atom is -0.393 e. The van der Waals surface area contributed by atoms with Crippen molar-refractivity contribution in [3.8, 4) is 0 Å². The van der Waals surface area contributed by atoms with Gasteiger partial charge < -0.3 is 15.3 Å². The van der Waals surface area contributed by atoms with Crippen molar-refractivity contribution >= 4 is 5.91 Å². The van der Waals surface area contributed by atoms with Gasteiger partial charge in [0, 0.05) is 19.6 Å². The minimum absolute atomic E-state index is 0.0112. The highest BCUT2D eigenvalue weighted by atomic mass is 16.3. The van der Waals surface area contributed by atoms with Gasteiger partial charge in [-0.2, -0.15) is 0 Å². The number of carbonyl (C=O) groups is 1. The van der Waals surface area contributed by atoms with Gasteiger partial charge in [0.2, 0.25) is 5.91 Å². The van der Waals surface area contributed by atoms with Gasteiger partial charge in [0.15, 0.2) is 0 Å². The van der Waals surface area contributed by atoms with Crippen LogP contribution in [-0.4, -0.2) is 47.7 Å². The second-order valence-corrected chi connectivity index (χ2v) is 6.00. The maximum Gasteiger partial charge on any atom is 0.239 e. The summed E-state index contributed by atoms with van der Waals surface area (Å²) < 4.78 is 0. The second-order valence-electron chi connectivity index (χ2n) is 6.00. The monoisotopic (exact) mass is 254 g/mol. The molecule has 0 spiro atoms. The molecule has 1 saturated carbocycles. The number of hydrogen-bond donors (Lipinski definition) is 2. The van der Waals surface area contributed by atoms with Gasteiger partial charge in [-0.05, 0) is 38.5 Å². The van der Waals surface area contributed by atoms with E-state index in [1.165, 1.54) is 25.7 Å². The van der Waals surface area contributed by atoms with Gasteiger partial charge in [0.25, 0.3) is 0 Å². The van der Waals surface area contributed by atoms with E-state index in [0.29, 0.717) is 24.9 Å². The number of aliphatic hydroxyl groups excluding tert-OH is 1. The molecule has 1 heterocycles. The van der Waals surface area contributed by atoms with Gasteiger partial charge in [-0.3, -0.25) is 4.79 Å². The highest BCUT2D eigenvalue weighted by molar-refractivity contribution is 5.82.